The molecule has 0 fully saturated rings. The van der Waals surface area contributed by atoms with Crippen LogP contribution in [0.2, 0.25) is 5.02 Å². The fourth-order valence-electron chi connectivity index (χ4n) is 1.01. The van der Waals surface area contributed by atoms with E-state index >= 15 is 0 Å². The highest BCUT2D eigenvalue weighted by Gasteiger charge is 2.03. The molecule has 84 valence electrons. The summed E-state index contributed by atoms with van der Waals surface area (Å²) in [5.74, 6) is 0.611. The Hall–Kier alpha value is -1.11. The largest absolute Gasteiger partial charge is 0.488 e. The normalized spacial score (nSPS) is 9.38. The maximum absolute atomic E-state index is 8.56. The van der Waals surface area contributed by atoms with Gasteiger partial charge in [0.05, 0.1) is 5.02 Å². The van der Waals surface area contributed by atoms with Crippen LogP contribution in [0, 0.1) is 10.7 Å². The Morgan fingerprint density at radius 1 is 1.56 bits per heavy atom. The third kappa shape index (κ3) is 4.18. The molecule has 1 aromatic carbocycles. The van der Waals surface area contributed by atoms with Gasteiger partial charge in [-0.2, -0.15) is 5.26 Å². The number of halogens is 1. The molecule has 16 heavy (non-hydrogen) atoms. The van der Waals surface area contributed by atoms with Crippen LogP contribution in [0.3, 0.4) is 0 Å². The minimum Gasteiger partial charge on any atom is -0.488 e. The molecule has 0 saturated heterocycles. The predicted molar refractivity (Wildman–Crippen MR) is 67.8 cm³/mol. The third-order valence-electron chi connectivity index (χ3n) is 1.80. The number of allylic oxidation sites excluding steroid dienone is 1. The zero-order chi connectivity index (χ0) is 12.0. The van der Waals surface area contributed by atoms with E-state index in [1.807, 2.05) is 25.3 Å². The van der Waals surface area contributed by atoms with Gasteiger partial charge in [0.1, 0.15) is 17.8 Å². The smallest absolute Gasteiger partial charge is 0.139 e. The zero-order valence-electron chi connectivity index (χ0n) is 9.16. The maximum Gasteiger partial charge on any atom is 0.139 e. The Balaban J connectivity index is 2.74. The van der Waals surface area contributed by atoms with Crippen molar-refractivity contribution in [3.05, 3.63) is 34.9 Å². The minimum atomic E-state index is 0.489. The van der Waals surface area contributed by atoms with E-state index in [4.69, 9.17) is 21.6 Å². The van der Waals surface area contributed by atoms with E-state index in [0.29, 0.717) is 17.4 Å². The molecule has 4 heteroatoms. The number of thiocyanates is 1. The van der Waals surface area contributed by atoms with Crippen LogP contribution < -0.4 is 4.74 Å². The fourth-order valence-corrected chi connectivity index (χ4v) is 1.59. The summed E-state index contributed by atoms with van der Waals surface area (Å²) >= 11 is 7.06. The van der Waals surface area contributed by atoms with Gasteiger partial charge in [-0.25, -0.2) is 0 Å². The number of benzene rings is 1. The second-order valence-corrected chi connectivity index (χ2v) is 4.64. The van der Waals surface area contributed by atoms with Crippen molar-refractivity contribution in [3.63, 3.8) is 0 Å². The molecule has 0 radical (unpaired) electrons. The molecule has 0 unspecified atom stereocenters. The van der Waals surface area contributed by atoms with E-state index in [0.717, 1.165) is 16.7 Å². The lowest BCUT2D eigenvalue weighted by Crippen LogP contribution is -1.94. The zero-order valence-corrected chi connectivity index (χ0v) is 10.7. The lowest BCUT2D eigenvalue weighted by atomic mass is 10.3. The van der Waals surface area contributed by atoms with Crippen LogP contribution in [0.1, 0.15) is 13.8 Å². The van der Waals surface area contributed by atoms with Crippen LogP contribution in [-0.2, 0) is 0 Å². The van der Waals surface area contributed by atoms with Crippen LogP contribution in [0.4, 0.5) is 0 Å². The van der Waals surface area contributed by atoms with Crippen molar-refractivity contribution in [2.45, 2.75) is 18.7 Å². The number of hydrogen-bond donors (Lipinski definition) is 0. The monoisotopic (exact) mass is 253 g/mol. The first-order chi connectivity index (χ1) is 7.63. The summed E-state index contributed by atoms with van der Waals surface area (Å²) in [4.78, 5) is 0.833. The van der Waals surface area contributed by atoms with Crippen molar-refractivity contribution >= 4 is 23.4 Å². The summed E-state index contributed by atoms with van der Waals surface area (Å²) < 4.78 is 5.50. The van der Waals surface area contributed by atoms with E-state index < -0.39 is 0 Å². The molecule has 0 aliphatic rings. The van der Waals surface area contributed by atoms with Crippen molar-refractivity contribution < 1.29 is 4.74 Å². The fraction of sp³-hybridized carbons (Fsp3) is 0.250. The highest BCUT2D eigenvalue weighted by molar-refractivity contribution is 8.03. The Morgan fingerprint density at radius 2 is 2.31 bits per heavy atom. The number of ether oxygens (including phenoxy) is 1. The summed E-state index contributed by atoms with van der Waals surface area (Å²) in [6.07, 6.45) is 1.97. The molecule has 0 saturated carbocycles. The van der Waals surface area contributed by atoms with Gasteiger partial charge in [0, 0.05) is 4.90 Å². The van der Waals surface area contributed by atoms with Gasteiger partial charge >= 0.3 is 0 Å². The maximum atomic E-state index is 8.56. The first kappa shape index (κ1) is 13.0. The molecular weight excluding hydrogens is 242 g/mol. The molecule has 1 aromatic rings. The number of nitriles is 1. The van der Waals surface area contributed by atoms with E-state index in [1.54, 1.807) is 18.2 Å². The SMILES string of the molecule is CC(C)=CCOc1cc(SC#N)ccc1Cl. The van der Waals surface area contributed by atoms with Crippen molar-refractivity contribution in [2.75, 3.05) is 6.61 Å². The van der Waals surface area contributed by atoms with Gasteiger partial charge in [0.2, 0.25) is 0 Å². The second-order valence-electron chi connectivity index (χ2n) is 3.38. The Morgan fingerprint density at radius 3 is 2.94 bits per heavy atom. The standard InChI is InChI=1S/C12H12ClNOS/c1-9(2)5-6-15-12-7-10(16-8-14)3-4-11(12)13/h3-5,7H,6H2,1-2H3. The highest BCUT2D eigenvalue weighted by atomic mass is 35.5. The van der Waals surface area contributed by atoms with Gasteiger partial charge in [0.15, 0.2) is 0 Å². The molecule has 0 spiro atoms. The van der Waals surface area contributed by atoms with E-state index in [2.05, 4.69) is 0 Å². The van der Waals surface area contributed by atoms with Crippen molar-refractivity contribution in [1.82, 2.24) is 0 Å². The summed E-state index contributed by atoms with van der Waals surface area (Å²) in [5.41, 5.74) is 1.19. The molecule has 2 nitrogen and oxygen atoms in total. The Labute approximate surface area is 105 Å². The number of nitrogens with zero attached hydrogens (tertiary/aromatic N) is 1. The quantitative estimate of drug-likeness (QED) is 0.457. The number of thioether (sulfide) groups is 1. The van der Waals surface area contributed by atoms with Gasteiger partial charge in [0.25, 0.3) is 0 Å². The number of hydrogen-bond acceptors (Lipinski definition) is 3. The van der Waals surface area contributed by atoms with Crippen LogP contribution >= 0.6 is 23.4 Å². The van der Waals surface area contributed by atoms with Gasteiger partial charge in [-0.1, -0.05) is 17.2 Å². The van der Waals surface area contributed by atoms with Crippen LogP contribution in [0.15, 0.2) is 34.7 Å². The Bertz CT molecular complexity index is 433. The minimum absolute atomic E-state index is 0.489. The van der Waals surface area contributed by atoms with Crippen molar-refractivity contribution in [3.8, 4) is 11.2 Å². The number of rotatable bonds is 4. The molecule has 1 rings (SSSR count). The summed E-state index contributed by atoms with van der Waals surface area (Å²) in [5, 5.41) is 11.1. The average molecular weight is 254 g/mol. The first-order valence-electron chi connectivity index (χ1n) is 4.75. The average Bonchev–Trinajstić information content (AvgIpc) is 2.22. The molecule has 0 heterocycles. The topological polar surface area (TPSA) is 33.0 Å². The van der Waals surface area contributed by atoms with E-state index in [-0.39, 0.29) is 0 Å². The molecule has 0 atom stereocenters. The van der Waals surface area contributed by atoms with E-state index in [9.17, 15) is 0 Å². The molecular formula is C12H12ClNOS. The lowest BCUT2D eigenvalue weighted by Gasteiger charge is -2.06. The molecule has 0 aliphatic heterocycles. The third-order valence-corrected chi connectivity index (χ3v) is 2.69. The van der Waals surface area contributed by atoms with Crippen molar-refractivity contribution in [1.29, 1.82) is 5.26 Å². The molecule has 0 aliphatic carbocycles. The Kier molecular flexibility index (Phi) is 5.24. The van der Waals surface area contributed by atoms with Crippen LogP contribution in [-0.4, -0.2) is 6.61 Å². The second kappa shape index (κ2) is 6.47. The van der Waals surface area contributed by atoms with Gasteiger partial charge in [-0.15, -0.1) is 0 Å². The molecule has 0 aromatic heterocycles. The lowest BCUT2D eigenvalue weighted by molar-refractivity contribution is 0.361. The van der Waals surface area contributed by atoms with Crippen LogP contribution in [0.5, 0.6) is 5.75 Å². The molecule has 0 N–H and O–H groups in total. The first-order valence-corrected chi connectivity index (χ1v) is 5.94. The summed E-state index contributed by atoms with van der Waals surface area (Å²) in [6, 6.07) is 5.30. The van der Waals surface area contributed by atoms with Crippen molar-refractivity contribution in [2.24, 2.45) is 0 Å². The summed E-state index contributed by atoms with van der Waals surface area (Å²) in [6.45, 7) is 4.50. The summed E-state index contributed by atoms with van der Waals surface area (Å²) in [7, 11) is 0. The van der Waals surface area contributed by atoms with Crippen LogP contribution in [0.25, 0.3) is 0 Å². The predicted octanol–water partition coefficient (Wildman–Crippen LogP) is 4.26. The van der Waals surface area contributed by atoms with E-state index in [1.165, 1.54) is 5.57 Å². The van der Waals surface area contributed by atoms with Gasteiger partial charge in [-0.3, -0.25) is 0 Å². The highest BCUT2D eigenvalue weighted by Crippen LogP contribution is 2.29. The van der Waals surface area contributed by atoms with Gasteiger partial charge < -0.3 is 4.74 Å². The molecule has 0 bridgehead atoms. The van der Waals surface area contributed by atoms with Gasteiger partial charge in [-0.05, 0) is 49.9 Å². The molecule has 0 amide bonds.